The fourth-order valence-electron chi connectivity index (χ4n) is 6.39. The van der Waals surface area contributed by atoms with Crippen LogP contribution in [0.25, 0.3) is 0 Å². The van der Waals surface area contributed by atoms with Crippen molar-refractivity contribution < 1.29 is 19.4 Å². The average molecular weight is 334 g/mol. The molecule has 3 fully saturated rings. The zero-order valence-corrected chi connectivity index (χ0v) is 15.0. The van der Waals surface area contributed by atoms with Crippen LogP contribution in [0.5, 0.6) is 0 Å². The zero-order chi connectivity index (χ0) is 17.0. The third-order valence-electron chi connectivity index (χ3n) is 7.77. The van der Waals surface area contributed by atoms with E-state index in [4.69, 9.17) is 9.47 Å². The zero-order valence-electron chi connectivity index (χ0n) is 15.0. The van der Waals surface area contributed by atoms with Crippen molar-refractivity contribution in [3.05, 3.63) is 11.6 Å². The molecule has 1 N–H and O–H groups in total. The Hall–Kier alpha value is -0.870. The topological polar surface area (TPSA) is 59.1 Å². The highest BCUT2D eigenvalue weighted by atomic mass is 16.6. The standard InChI is InChI=1S/C20H30O4/c1-18(12-21)8-3-9-19(2)15(18)6-10-20(13-24-20)16(19)5-4-14-7-11-23-17(14)22/h7,15-16,21H,3-6,8-13H2,1-2H3/t15-,16-,18-,19+,20-/m0/s1. The molecule has 5 atom stereocenters. The van der Waals surface area contributed by atoms with E-state index in [1.54, 1.807) is 0 Å². The number of rotatable bonds is 4. The van der Waals surface area contributed by atoms with E-state index in [1.165, 1.54) is 12.8 Å². The van der Waals surface area contributed by atoms with Crippen molar-refractivity contribution in [2.75, 3.05) is 19.8 Å². The Morgan fingerprint density at radius 1 is 1.29 bits per heavy atom. The van der Waals surface area contributed by atoms with Crippen LogP contribution in [0.2, 0.25) is 0 Å². The van der Waals surface area contributed by atoms with Crippen LogP contribution >= 0.6 is 0 Å². The second-order valence-corrected chi connectivity index (χ2v) is 9.04. The number of esters is 1. The summed E-state index contributed by atoms with van der Waals surface area (Å²) in [6.45, 7) is 6.29. The Morgan fingerprint density at radius 2 is 2.08 bits per heavy atom. The Kier molecular flexibility index (Phi) is 3.85. The number of epoxide rings is 1. The molecule has 2 heterocycles. The summed E-state index contributed by atoms with van der Waals surface area (Å²) in [6, 6.07) is 0. The number of fused-ring (bicyclic) bond motifs is 1. The normalized spacial score (nSPS) is 47.3. The Balaban J connectivity index is 1.59. The molecule has 4 heteroatoms. The van der Waals surface area contributed by atoms with Crippen molar-refractivity contribution in [1.29, 1.82) is 0 Å². The van der Waals surface area contributed by atoms with Crippen LogP contribution in [0.3, 0.4) is 0 Å². The van der Waals surface area contributed by atoms with Crippen LogP contribution in [-0.4, -0.2) is 36.5 Å². The quantitative estimate of drug-likeness (QED) is 0.633. The van der Waals surface area contributed by atoms with Crippen LogP contribution in [0.15, 0.2) is 11.6 Å². The van der Waals surface area contributed by atoms with Gasteiger partial charge in [0, 0.05) is 12.2 Å². The predicted molar refractivity (Wildman–Crippen MR) is 90.3 cm³/mol. The number of aliphatic hydroxyl groups excluding tert-OH is 1. The third-order valence-corrected chi connectivity index (χ3v) is 7.77. The first-order chi connectivity index (χ1) is 11.4. The van der Waals surface area contributed by atoms with Gasteiger partial charge in [0.1, 0.15) is 6.61 Å². The van der Waals surface area contributed by atoms with Crippen LogP contribution in [0.1, 0.15) is 58.8 Å². The van der Waals surface area contributed by atoms with Crippen LogP contribution in [-0.2, 0) is 14.3 Å². The monoisotopic (exact) mass is 334 g/mol. The molecular formula is C20H30O4. The minimum atomic E-state index is -0.137. The number of hydrogen-bond donors (Lipinski definition) is 1. The second kappa shape index (κ2) is 5.57. The van der Waals surface area contributed by atoms with E-state index in [9.17, 15) is 9.90 Å². The molecule has 0 unspecified atom stereocenters. The lowest BCUT2D eigenvalue weighted by atomic mass is 9.45. The van der Waals surface area contributed by atoms with Gasteiger partial charge >= 0.3 is 5.97 Å². The SMILES string of the molecule is C[C@@]1(CO)CCC[C@@]2(C)[C@H](CCC3=CCOC3=O)[C@]3(CC[C@@H]12)CO3. The van der Waals surface area contributed by atoms with E-state index in [2.05, 4.69) is 13.8 Å². The molecule has 0 radical (unpaired) electrons. The van der Waals surface area contributed by atoms with E-state index in [1.807, 2.05) is 6.08 Å². The first-order valence-corrected chi connectivity index (χ1v) is 9.55. The maximum absolute atomic E-state index is 11.8. The molecule has 4 nitrogen and oxygen atoms in total. The summed E-state index contributed by atoms with van der Waals surface area (Å²) in [5.74, 6) is 0.888. The van der Waals surface area contributed by atoms with E-state index in [-0.39, 0.29) is 29.0 Å². The smallest absolute Gasteiger partial charge is 0.334 e. The summed E-state index contributed by atoms with van der Waals surface area (Å²) in [6.07, 6.45) is 9.52. The summed E-state index contributed by atoms with van der Waals surface area (Å²) in [5, 5.41) is 10.1. The Morgan fingerprint density at radius 3 is 2.71 bits per heavy atom. The molecule has 0 aromatic rings. The number of carbonyl (C=O) groups excluding carboxylic acids is 1. The number of carbonyl (C=O) groups is 1. The molecule has 0 aromatic carbocycles. The number of cyclic esters (lactones) is 1. The minimum absolute atomic E-state index is 0.0350. The van der Waals surface area contributed by atoms with Gasteiger partial charge in [0.25, 0.3) is 0 Å². The van der Waals surface area contributed by atoms with E-state index >= 15 is 0 Å². The van der Waals surface area contributed by atoms with E-state index in [0.717, 1.165) is 44.3 Å². The maximum atomic E-state index is 11.8. The van der Waals surface area contributed by atoms with Gasteiger partial charge in [-0.3, -0.25) is 0 Å². The predicted octanol–water partition coefficient (Wildman–Crippen LogP) is 3.23. The Labute approximate surface area is 144 Å². The van der Waals surface area contributed by atoms with Crippen molar-refractivity contribution in [3.63, 3.8) is 0 Å². The number of ether oxygens (including phenoxy) is 2. The summed E-state index contributed by atoms with van der Waals surface area (Å²) in [7, 11) is 0. The lowest BCUT2D eigenvalue weighted by Gasteiger charge is -2.59. The molecular weight excluding hydrogens is 304 g/mol. The summed E-state index contributed by atoms with van der Waals surface area (Å²) in [5.41, 5.74) is 1.13. The van der Waals surface area contributed by atoms with Gasteiger partial charge in [-0.2, -0.15) is 0 Å². The summed E-state index contributed by atoms with van der Waals surface area (Å²) >= 11 is 0. The fourth-order valence-corrected chi connectivity index (χ4v) is 6.39. The highest BCUT2D eigenvalue weighted by molar-refractivity contribution is 5.90. The summed E-state index contributed by atoms with van der Waals surface area (Å²) < 4.78 is 11.1. The highest BCUT2D eigenvalue weighted by Gasteiger charge is 2.65. The van der Waals surface area contributed by atoms with Crippen molar-refractivity contribution in [1.82, 2.24) is 0 Å². The lowest BCUT2D eigenvalue weighted by Crippen LogP contribution is -2.56. The molecule has 24 heavy (non-hydrogen) atoms. The molecule has 2 saturated carbocycles. The fraction of sp³-hybridized carbons (Fsp3) is 0.850. The van der Waals surface area contributed by atoms with E-state index in [0.29, 0.717) is 18.4 Å². The number of hydrogen-bond acceptors (Lipinski definition) is 4. The maximum Gasteiger partial charge on any atom is 0.334 e. The van der Waals surface area contributed by atoms with Crippen LogP contribution < -0.4 is 0 Å². The third kappa shape index (κ3) is 2.37. The van der Waals surface area contributed by atoms with Gasteiger partial charge in [0.05, 0.1) is 12.2 Å². The average Bonchev–Trinajstić information content (AvgIpc) is 3.20. The molecule has 1 saturated heterocycles. The van der Waals surface area contributed by atoms with Crippen molar-refractivity contribution in [3.8, 4) is 0 Å². The molecule has 2 aliphatic carbocycles. The molecule has 4 aliphatic rings. The number of aliphatic hydroxyl groups is 1. The van der Waals surface area contributed by atoms with Gasteiger partial charge in [-0.1, -0.05) is 20.3 Å². The molecule has 134 valence electrons. The first kappa shape index (κ1) is 16.6. The lowest BCUT2D eigenvalue weighted by molar-refractivity contribution is -0.137. The van der Waals surface area contributed by atoms with Gasteiger partial charge in [-0.05, 0) is 67.3 Å². The molecule has 0 amide bonds. The summed E-state index contributed by atoms with van der Waals surface area (Å²) in [4.78, 5) is 11.8. The molecule has 2 aliphatic heterocycles. The van der Waals surface area contributed by atoms with Crippen molar-refractivity contribution >= 4 is 5.97 Å². The minimum Gasteiger partial charge on any atom is -0.458 e. The van der Waals surface area contributed by atoms with Crippen LogP contribution in [0, 0.1) is 22.7 Å². The van der Waals surface area contributed by atoms with Gasteiger partial charge < -0.3 is 14.6 Å². The molecule has 0 aromatic heterocycles. The largest absolute Gasteiger partial charge is 0.458 e. The second-order valence-electron chi connectivity index (χ2n) is 9.04. The van der Waals surface area contributed by atoms with Crippen LogP contribution in [0.4, 0.5) is 0 Å². The highest BCUT2D eigenvalue weighted by Crippen LogP contribution is 2.66. The molecule has 0 bridgehead atoms. The Bertz CT molecular complexity index is 564. The molecule has 4 rings (SSSR count). The van der Waals surface area contributed by atoms with Crippen molar-refractivity contribution in [2.45, 2.75) is 64.4 Å². The van der Waals surface area contributed by atoms with Crippen molar-refractivity contribution in [2.24, 2.45) is 22.7 Å². The van der Waals surface area contributed by atoms with Gasteiger partial charge in [0.2, 0.25) is 0 Å². The molecule has 1 spiro atoms. The van der Waals surface area contributed by atoms with E-state index < -0.39 is 0 Å². The van der Waals surface area contributed by atoms with Gasteiger partial charge in [0.15, 0.2) is 0 Å². The van der Waals surface area contributed by atoms with Gasteiger partial charge in [-0.15, -0.1) is 0 Å². The first-order valence-electron chi connectivity index (χ1n) is 9.55. The van der Waals surface area contributed by atoms with Gasteiger partial charge in [-0.25, -0.2) is 4.79 Å².